The Balaban J connectivity index is 2.25. The Labute approximate surface area is 98.4 Å². The van der Waals surface area contributed by atoms with Gasteiger partial charge in [-0.25, -0.2) is 0 Å². The molecule has 3 unspecified atom stereocenters. The van der Waals surface area contributed by atoms with Crippen molar-refractivity contribution >= 4 is 0 Å². The molecule has 0 saturated carbocycles. The zero-order valence-electron chi connectivity index (χ0n) is 10.6. The van der Waals surface area contributed by atoms with Crippen LogP contribution < -0.4 is 5.73 Å². The zero-order valence-corrected chi connectivity index (χ0v) is 10.6. The summed E-state index contributed by atoms with van der Waals surface area (Å²) >= 11 is 0. The van der Waals surface area contributed by atoms with E-state index < -0.39 is 0 Å². The van der Waals surface area contributed by atoms with E-state index in [4.69, 9.17) is 19.9 Å². The minimum atomic E-state index is 0.0263. The van der Waals surface area contributed by atoms with Crippen LogP contribution in [-0.2, 0) is 14.2 Å². The third-order valence-corrected chi connectivity index (χ3v) is 2.84. The number of rotatable bonds is 6. The van der Waals surface area contributed by atoms with Crippen molar-refractivity contribution in [3.8, 4) is 0 Å². The van der Waals surface area contributed by atoms with Gasteiger partial charge >= 0.3 is 0 Å². The molecule has 1 heterocycles. The zero-order chi connectivity index (χ0) is 12.0. The van der Waals surface area contributed by atoms with E-state index in [1.807, 2.05) is 6.92 Å². The Kier molecular flexibility index (Phi) is 6.28. The van der Waals surface area contributed by atoms with E-state index in [0.29, 0.717) is 19.8 Å². The van der Waals surface area contributed by atoms with Crippen molar-refractivity contribution in [2.24, 2.45) is 5.73 Å². The first-order chi connectivity index (χ1) is 7.65. The van der Waals surface area contributed by atoms with Crippen LogP contribution >= 0.6 is 0 Å². The molecule has 1 aliphatic rings. The maximum Gasteiger partial charge on any atom is 0.0930 e. The highest BCUT2D eigenvalue weighted by Crippen LogP contribution is 2.21. The Bertz CT molecular complexity index is 179. The van der Waals surface area contributed by atoms with E-state index in [0.717, 1.165) is 12.8 Å². The standard InChI is InChI=1S/C12H25NO3/c1-4-14-12(7-13)8-15-11-5-9(2)16-10(3)6-11/h9-12H,4-8,13H2,1-3H3. The molecule has 96 valence electrons. The van der Waals surface area contributed by atoms with Crippen LogP contribution in [0.15, 0.2) is 0 Å². The number of nitrogens with two attached hydrogens (primary N) is 1. The topological polar surface area (TPSA) is 53.7 Å². The van der Waals surface area contributed by atoms with E-state index in [1.165, 1.54) is 0 Å². The van der Waals surface area contributed by atoms with Crippen LogP contribution in [0.1, 0.15) is 33.6 Å². The van der Waals surface area contributed by atoms with Gasteiger partial charge in [0.1, 0.15) is 0 Å². The summed E-state index contributed by atoms with van der Waals surface area (Å²) in [5.74, 6) is 0. The molecular weight excluding hydrogens is 206 g/mol. The molecule has 4 nitrogen and oxygen atoms in total. The average molecular weight is 231 g/mol. The van der Waals surface area contributed by atoms with E-state index >= 15 is 0 Å². The summed E-state index contributed by atoms with van der Waals surface area (Å²) in [6, 6.07) is 0. The monoisotopic (exact) mass is 231 g/mol. The maximum atomic E-state index is 5.84. The molecule has 0 radical (unpaired) electrons. The van der Waals surface area contributed by atoms with Crippen LogP contribution in [-0.4, -0.2) is 44.2 Å². The van der Waals surface area contributed by atoms with Crippen LogP contribution in [0.2, 0.25) is 0 Å². The highest BCUT2D eigenvalue weighted by Gasteiger charge is 2.25. The lowest BCUT2D eigenvalue weighted by molar-refractivity contribution is -0.118. The Hall–Kier alpha value is -0.160. The van der Waals surface area contributed by atoms with Gasteiger partial charge in [-0.05, 0) is 33.6 Å². The molecule has 1 aliphatic heterocycles. The van der Waals surface area contributed by atoms with Crippen molar-refractivity contribution in [3.63, 3.8) is 0 Å². The van der Waals surface area contributed by atoms with Gasteiger partial charge in [0, 0.05) is 13.2 Å². The molecule has 16 heavy (non-hydrogen) atoms. The predicted octanol–water partition coefficient (Wildman–Crippen LogP) is 1.32. The molecule has 1 fully saturated rings. The van der Waals surface area contributed by atoms with Gasteiger partial charge in [-0.15, -0.1) is 0 Å². The minimum absolute atomic E-state index is 0.0263. The Morgan fingerprint density at radius 1 is 1.31 bits per heavy atom. The summed E-state index contributed by atoms with van der Waals surface area (Å²) in [4.78, 5) is 0. The predicted molar refractivity (Wildman–Crippen MR) is 63.5 cm³/mol. The van der Waals surface area contributed by atoms with Gasteiger partial charge in [0.25, 0.3) is 0 Å². The molecule has 0 aromatic rings. The molecule has 0 bridgehead atoms. The number of hydrogen-bond donors (Lipinski definition) is 1. The van der Waals surface area contributed by atoms with Gasteiger partial charge in [0.15, 0.2) is 0 Å². The highest BCUT2D eigenvalue weighted by atomic mass is 16.5. The van der Waals surface area contributed by atoms with Gasteiger partial charge in [-0.3, -0.25) is 0 Å². The molecule has 0 amide bonds. The van der Waals surface area contributed by atoms with Crippen LogP contribution in [0, 0.1) is 0 Å². The molecule has 4 heteroatoms. The van der Waals surface area contributed by atoms with Gasteiger partial charge in [-0.2, -0.15) is 0 Å². The van der Waals surface area contributed by atoms with E-state index in [9.17, 15) is 0 Å². The third-order valence-electron chi connectivity index (χ3n) is 2.84. The second-order valence-corrected chi connectivity index (χ2v) is 4.50. The number of hydrogen-bond acceptors (Lipinski definition) is 4. The van der Waals surface area contributed by atoms with Crippen molar-refractivity contribution in [3.05, 3.63) is 0 Å². The largest absolute Gasteiger partial charge is 0.375 e. The van der Waals surface area contributed by atoms with Crippen molar-refractivity contribution in [2.45, 2.75) is 58.0 Å². The summed E-state index contributed by atoms with van der Waals surface area (Å²) in [5.41, 5.74) is 5.60. The second-order valence-electron chi connectivity index (χ2n) is 4.50. The fourth-order valence-corrected chi connectivity index (χ4v) is 2.14. The Morgan fingerprint density at radius 3 is 2.44 bits per heavy atom. The lowest BCUT2D eigenvalue weighted by atomic mass is 10.0. The highest BCUT2D eigenvalue weighted by molar-refractivity contribution is 4.74. The van der Waals surface area contributed by atoms with Crippen LogP contribution in [0.25, 0.3) is 0 Å². The summed E-state index contributed by atoms with van der Waals surface area (Å²) < 4.78 is 17.0. The Morgan fingerprint density at radius 2 is 1.94 bits per heavy atom. The SMILES string of the molecule is CCOC(CN)COC1CC(C)OC(C)C1. The van der Waals surface area contributed by atoms with Crippen molar-refractivity contribution in [1.29, 1.82) is 0 Å². The summed E-state index contributed by atoms with van der Waals surface area (Å²) in [6.07, 6.45) is 2.82. The fourth-order valence-electron chi connectivity index (χ4n) is 2.14. The van der Waals surface area contributed by atoms with Crippen molar-refractivity contribution in [1.82, 2.24) is 0 Å². The molecule has 2 N–H and O–H groups in total. The van der Waals surface area contributed by atoms with E-state index in [-0.39, 0.29) is 24.4 Å². The summed E-state index contributed by atoms with van der Waals surface area (Å²) in [7, 11) is 0. The van der Waals surface area contributed by atoms with Gasteiger partial charge in [0.2, 0.25) is 0 Å². The first-order valence-electron chi connectivity index (χ1n) is 6.24. The molecule has 0 aromatic carbocycles. The van der Waals surface area contributed by atoms with Crippen molar-refractivity contribution < 1.29 is 14.2 Å². The second kappa shape index (κ2) is 7.22. The minimum Gasteiger partial charge on any atom is -0.375 e. The molecule has 1 saturated heterocycles. The quantitative estimate of drug-likeness (QED) is 0.749. The molecule has 3 atom stereocenters. The molecule has 0 aromatic heterocycles. The van der Waals surface area contributed by atoms with Gasteiger partial charge in [-0.1, -0.05) is 0 Å². The average Bonchev–Trinajstić information content (AvgIpc) is 2.23. The van der Waals surface area contributed by atoms with Crippen LogP contribution in [0.5, 0.6) is 0 Å². The summed E-state index contributed by atoms with van der Waals surface area (Å²) in [5, 5.41) is 0. The molecule has 1 rings (SSSR count). The van der Waals surface area contributed by atoms with Crippen LogP contribution in [0.4, 0.5) is 0 Å². The normalized spacial score (nSPS) is 32.6. The first-order valence-corrected chi connectivity index (χ1v) is 6.24. The first kappa shape index (κ1) is 13.9. The third kappa shape index (κ3) is 4.78. The maximum absolute atomic E-state index is 5.84. The lowest BCUT2D eigenvalue weighted by Gasteiger charge is -2.32. The van der Waals surface area contributed by atoms with Crippen molar-refractivity contribution in [2.75, 3.05) is 19.8 Å². The van der Waals surface area contributed by atoms with E-state index in [1.54, 1.807) is 0 Å². The summed E-state index contributed by atoms with van der Waals surface area (Å²) in [6.45, 7) is 7.95. The fraction of sp³-hybridized carbons (Fsp3) is 1.00. The van der Waals surface area contributed by atoms with Gasteiger partial charge in [0.05, 0.1) is 31.0 Å². The number of ether oxygens (including phenoxy) is 3. The van der Waals surface area contributed by atoms with Crippen LogP contribution in [0.3, 0.4) is 0 Å². The molecule has 0 aliphatic carbocycles. The lowest BCUT2D eigenvalue weighted by Crippen LogP contribution is -2.37. The van der Waals surface area contributed by atoms with Gasteiger partial charge < -0.3 is 19.9 Å². The smallest absolute Gasteiger partial charge is 0.0930 e. The molecule has 0 spiro atoms. The van der Waals surface area contributed by atoms with E-state index in [2.05, 4.69) is 13.8 Å². The molecular formula is C12H25NO3.